The maximum Gasteiger partial charge on any atom is 0.175 e. The molecule has 1 heterocycles. The van der Waals surface area contributed by atoms with Crippen LogP contribution in [0.2, 0.25) is 0 Å². The van der Waals surface area contributed by atoms with Crippen LogP contribution in [-0.4, -0.2) is 16.1 Å². The van der Waals surface area contributed by atoms with Crippen molar-refractivity contribution >= 4 is 43.7 Å². The Bertz CT molecular complexity index is 448. The Kier molecular flexibility index (Phi) is 7.94. The first-order chi connectivity index (χ1) is 7.97. The normalized spacial score (nSPS) is 10.2. The summed E-state index contributed by atoms with van der Waals surface area (Å²) in [5, 5.41) is 0.354. The maximum absolute atomic E-state index is 11.5. The molecular weight excluding hydrogens is 346 g/mol. The zero-order valence-electron chi connectivity index (χ0n) is 10.1. The second-order valence-electron chi connectivity index (χ2n) is 3.32. The van der Waals surface area contributed by atoms with E-state index >= 15 is 0 Å². The first-order valence-corrected chi connectivity index (χ1v) is 6.87. The van der Waals surface area contributed by atoms with Crippen LogP contribution >= 0.6 is 31.9 Å². The van der Waals surface area contributed by atoms with E-state index in [-0.39, 0.29) is 5.78 Å². The molecule has 0 amide bonds. The van der Waals surface area contributed by atoms with Crippen molar-refractivity contribution in [1.82, 2.24) is 4.98 Å². The molecule has 0 unspecified atom stereocenters. The summed E-state index contributed by atoms with van der Waals surface area (Å²) in [4.78, 5) is 14.6. The van der Waals surface area contributed by atoms with Crippen LogP contribution in [0.4, 0.5) is 0 Å². The first-order valence-electron chi connectivity index (χ1n) is 4.96. The SMILES string of the molecule is C#CC.C/C(Br)=C\c1c(C(=O)CBr)c[nH]c1C. The van der Waals surface area contributed by atoms with E-state index < -0.39 is 0 Å². The number of rotatable bonds is 3. The molecule has 0 saturated heterocycles. The van der Waals surface area contributed by atoms with Gasteiger partial charge in [-0.1, -0.05) is 31.9 Å². The number of carbonyl (C=O) groups excluding carboxylic acids is 1. The van der Waals surface area contributed by atoms with E-state index in [4.69, 9.17) is 0 Å². The van der Waals surface area contributed by atoms with Crippen LogP contribution in [-0.2, 0) is 0 Å². The highest BCUT2D eigenvalue weighted by Crippen LogP contribution is 2.20. The predicted octanol–water partition coefficient (Wildman–Crippen LogP) is 4.30. The molecule has 0 aliphatic rings. The number of carbonyl (C=O) groups is 1. The van der Waals surface area contributed by atoms with Gasteiger partial charge in [-0.05, 0) is 31.3 Å². The molecule has 4 heteroatoms. The molecule has 0 spiro atoms. The molecule has 0 aliphatic heterocycles. The molecule has 0 fully saturated rings. The van der Waals surface area contributed by atoms with Crippen LogP contribution < -0.4 is 0 Å². The van der Waals surface area contributed by atoms with E-state index in [1.54, 1.807) is 13.1 Å². The van der Waals surface area contributed by atoms with Crippen molar-refractivity contribution in [1.29, 1.82) is 0 Å². The van der Waals surface area contributed by atoms with Crippen LogP contribution in [0.1, 0.15) is 35.5 Å². The molecule has 0 aromatic carbocycles. The average molecular weight is 361 g/mol. The molecule has 0 radical (unpaired) electrons. The highest BCUT2D eigenvalue weighted by molar-refractivity contribution is 9.11. The van der Waals surface area contributed by atoms with Crippen LogP contribution in [0.25, 0.3) is 6.08 Å². The summed E-state index contributed by atoms with van der Waals surface area (Å²) in [6, 6.07) is 0. The van der Waals surface area contributed by atoms with Crippen molar-refractivity contribution in [3.8, 4) is 12.3 Å². The number of H-pyrrole nitrogens is 1. The largest absolute Gasteiger partial charge is 0.364 e. The Morgan fingerprint density at radius 3 is 2.59 bits per heavy atom. The number of terminal acetylenes is 1. The van der Waals surface area contributed by atoms with Crippen LogP contribution in [0.15, 0.2) is 10.7 Å². The highest BCUT2D eigenvalue weighted by Gasteiger charge is 2.12. The minimum Gasteiger partial charge on any atom is -0.364 e. The molecule has 0 bridgehead atoms. The van der Waals surface area contributed by atoms with Gasteiger partial charge < -0.3 is 4.98 Å². The second-order valence-corrected chi connectivity index (χ2v) is 5.13. The van der Waals surface area contributed by atoms with E-state index in [2.05, 4.69) is 49.2 Å². The summed E-state index contributed by atoms with van der Waals surface area (Å²) in [7, 11) is 0. The fourth-order valence-corrected chi connectivity index (χ4v) is 1.76. The third kappa shape index (κ3) is 5.38. The van der Waals surface area contributed by atoms with Crippen LogP contribution in [0.3, 0.4) is 0 Å². The van der Waals surface area contributed by atoms with E-state index in [9.17, 15) is 4.79 Å². The quantitative estimate of drug-likeness (QED) is 0.486. The zero-order valence-corrected chi connectivity index (χ0v) is 13.3. The number of hydrogen-bond donors (Lipinski definition) is 1. The summed E-state index contributed by atoms with van der Waals surface area (Å²) >= 11 is 6.52. The number of halogens is 2. The molecule has 0 aliphatic carbocycles. The lowest BCUT2D eigenvalue weighted by Gasteiger charge is -1.97. The Hall–Kier alpha value is -0.790. The van der Waals surface area contributed by atoms with Gasteiger partial charge in [0, 0.05) is 23.0 Å². The maximum atomic E-state index is 11.5. The van der Waals surface area contributed by atoms with E-state index in [1.165, 1.54) is 0 Å². The molecule has 17 heavy (non-hydrogen) atoms. The number of aromatic amines is 1. The summed E-state index contributed by atoms with van der Waals surface area (Å²) in [5.74, 6) is 2.34. The lowest BCUT2D eigenvalue weighted by Crippen LogP contribution is -2.00. The Labute approximate surface area is 119 Å². The van der Waals surface area contributed by atoms with Crippen molar-refractivity contribution < 1.29 is 4.79 Å². The van der Waals surface area contributed by atoms with E-state index in [0.29, 0.717) is 5.33 Å². The predicted molar refractivity (Wildman–Crippen MR) is 80.7 cm³/mol. The summed E-state index contributed by atoms with van der Waals surface area (Å²) in [6.07, 6.45) is 8.29. The minimum atomic E-state index is 0.0920. The molecule has 0 saturated carbocycles. The summed E-state index contributed by atoms with van der Waals surface area (Å²) in [6.45, 7) is 5.54. The molecule has 2 nitrogen and oxygen atoms in total. The fourth-order valence-electron chi connectivity index (χ4n) is 1.23. The molecular formula is C13H15Br2NO. The van der Waals surface area contributed by atoms with Crippen molar-refractivity contribution in [2.45, 2.75) is 20.8 Å². The van der Waals surface area contributed by atoms with Gasteiger partial charge in [0.05, 0.1) is 5.33 Å². The summed E-state index contributed by atoms with van der Waals surface area (Å²) in [5.41, 5.74) is 2.70. The van der Waals surface area contributed by atoms with Crippen LogP contribution in [0.5, 0.6) is 0 Å². The van der Waals surface area contributed by atoms with Gasteiger partial charge in [0.15, 0.2) is 5.78 Å². The molecule has 1 rings (SSSR count). The molecule has 1 aromatic rings. The Morgan fingerprint density at radius 2 is 2.18 bits per heavy atom. The van der Waals surface area contributed by atoms with Crippen molar-refractivity contribution in [3.63, 3.8) is 0 Å². The second kappa shape index (κ2) is 8.32. The number of allylic oxidation sites excluding steroid dienone is 1. The number of hydrogen-bond acceptors (Lipinski definition) is 1. The van der Waals surface area contributed by atoms with E-state index in [1.807, 2.05) is 19.9 Å². The Balaban J connectivity index is 0.000000770. The van der Waals surface area contributed by atoms with Gasteiger partial charge in [-0.3, -0.25) is 4.79 Å². The van der Waals surface area contributed by atoms with Crippen molar-refractivity contribution in [2.75, 3.05) is 5.33 Å². The number of alkyl halides is 1. The number of nitrogens with one attached hydrogen (secondary N) is 1. The van der Waals surface area contributed by atoms with Gasteiger partial charge in [-0.15, -0.1) is 12.3 Å². The third-order valence-electron chi connectivity index (χ3n) is 1.89. The van der Waals surface area contributed by atoms with Crippen LogP contribution in [0, 0.1) is 19.3 Å². The highest BCUT2D eigenvalue weighted by atomic mass is 79.9. The summed E-state index contributed by atoms with van der Waals surface area (Å²) < 4.78 is 1.00. The number of Topliss-reactive ketones (excluding diaryl/α,β-unsaturated/α-hetero) is 1. The van der Waals surface area contributed by atoms with E-state index in [0.717, 1.165) is 21.3 Å². The topological polar surface area (TPSA) is 32.9 Å². The number of ketones is 1. The first kappa shape index (κ1) is 16.2. The molecule has 1 aromatic heterocycles. The zero-order chi connectivity index (χ0) is 13.4. The lowest BCUT2D eigenvalue weighted by atomic mass is 10.1. The van der Waals surface area contributed by atoms with Gasteiger partial charge in [-0.25, -0.2) is 0 Å². The standard InChI is InChI=1S/C10H11Br2NO.C3H4/c1-6(12)3-8-7(2)13-5-9(8)10(14)4-11;1-3-2/h3,5,13H,4H2,1-2H3;1H,2H3/b6-3+;. The number of aryl methyl sites for hydroxylation is 1. The molecule has 0 atom stereocenters. The van der Waals surface area contributed by atoms with Gasteiger partial charge in [-0.2, -0.15) is 0 Å². The fraction of sp³-hybridized carbons (Fsp3) is 0.308. The molecule has 1 N–H and O–H groups in total. The Morgan fingerprint density at radius 1 is 1.65 bits per heavy atom. The third-order valence-corrected chi connectivity index (χ3v) is 2.63. The van der Waals surface area contributed by atoms with Gasteiger partial charge in [0.25, 0.3) is 0 Å². The monoisotopic (exact) mass is 359 g/mol. The van der Waals surface area contributed by atoms with Crippen molar-refractivity contribution in [2.24, 2.45) is 0 Å². The van der Waals surface area contributed by atoms with Gasteiger partial charge in [0.1, 0.15) is 0 Å². The lowest BCUT2D eigenvalue weighted by molar-refractivity contribution is 0.102. The van der Waals surface area contributed by atoms with Gasteiger partial charge in [0.2, 0.25) is 0 Å². The number of aromatic nitrogens is 1. The molecule has 92 valence electrons. The minimum absolute atomic E-state index is 0.0920. The van der Waals surface area contributed by atoms with Crippen molar-refractivity contribution in [3.05, 3.63) is 27.5 Å². The average Bonchev–Trinajstić information content (AvgIpc) is 2.60. The smallest absolute Gasteiger partial charge is 0.175 e. The van der Waals surface area contributed by atoms with Gasteiger partial charge >= 0.3 is 0 Å².